The van der Waals surface area contributed by atoms with Crippen LogP contribution in [0.2, 0.25) is 0 Å². The summed E-state index contributed by atoms with van der Waals surface area (Å²) >= 11 is 0. The zero-order chi connectivity index (χ0) is 14.5. The molecule has 0 radical (unpaired) electrons. The van der Waals surface area contributed by atoms with Gasteiger partial charge in [0.25, 0.3) is 0 Å². The second-order valence-corrected chi connectivity index (χ2v) is 3.92. The Morgan fingerprint density at radius 1 is 1.00 bits per heavy atom. The third-order valence-electron chi connectivity index (χ3n) is 2.56. The van der Waals surface area contributed by atoms with Gasteiger partial charge in [-0.1, -0.05) is 24.3 Å². The van der Waals surface area contributed by atoms with E-state index < -0.39 is 22.6 Å². The minimum atomic E-state index is -1.67. The highest BCUT2D eigenvalue weighted by Gasteiger charge is 2.29. The van der Waals surface area contributed by atoms with Gasteiger partial charge in [-0.25, -0.2) is 0 Å². The van der Waals surface area contributed by atoms with Crippen molar-refractivity contribution in [2.45, 2.75) is 6.17 Å². The molecule has 0 bridgehead atoms. The number of hydrogen-bond acceptors (Lipinski definition) is 6. The summed E-state index contributed by atoms with van der Waals surface area (Å²) in [4.78, 5) is 10.3. The Kier molecular flexibility index (Phi) is 3.90. The molecule has 2 aromatic carbocycles. The van der Waals surface area contributed by atoms with E-state index in [1.54, 1.807) is 30.3 Å². The molecule has 7 heteroatoms. The molecule has 0 spiro atoms. The number of nitro groups is 1. The summed E-state index contributed by atoms with van der Waals surface area (Å²) in [5, 5.41) is 37.7. The molecule has 0 aliphatic carbocycles. The maximum Gasteiger partial charge on any atom is 0.353 e. The quantitative estimate of drug-likeness (QED) is 0.506. The summed E-state index contributed by atoms with van der Waals surface area (Å²) in [6, 6.07) is 12.3. The van der Waals surface area contributed by atoms with Crippen molar-refractivity contribution < 1.29 is 15.1 Å². The fraction of sp³-hybridized carbons (Fsp3) is 0.0769. The minimum absolute atomic E-state index is 0.280. The first-order chi connectivity index (χ1) is 9.59. The molecule has 0 fully saturated rings. The van der Waals surface area contributed by atoms with Crippen LogP contribution in [0.3, 0.4) is 0 Å². The fourth-order valence-electron chi connectivity index (χ4n) is 1.63. The predicted molar refractivity (Wildman–Crippen MR) is 70.5 cm³/mol. The van der Waals surface area contributed by atoms with Crippen LogP contribution in [0.15, 0.2) is 58.8 Å². The summed E-state index contributed by atoms with van der Waals surface area (Å²) in [5.74, 6) is -0.808. The van der Waals surface area contributed by atoms with E-state index in [0.29, 0.717) is 5.69 Å². The second-order valence-electron chi connectivity index (χ2n) is 3.92. The van der Waals surface area contributed by atoms with Crippen LogP contribution in [0.1, 0.15) is 11.7 Å². The van der Waals surface area contributed by atoms with Crippen LogP contribution in [-0.2, 0) is 0 Å². The lowest BCUT2D eigenvalue weighted by Gasteiger charge is -2.07. The highest BCUT2D eigenvalue weighted by atomic mass is 16.6. The number of azo groups is 1. The molecule has 0 aliphatic heterocycles. The molecule has 0 amide bonds. The van der Waals surface area contributed by atoms with Crippen LogP contribution in [-0.4, -0.2) is 15.1 Å². The van der Waals surface area contributed by atoms with Crippen LogP contribution in [0.5, 0.6) is 11.5 Å². The number of aromatic hydroxyl groups is 2. The van der Waals surface area contributed by atoms with Gasteiger partial charge in [-0.2, -0.15) is 0 Å². The van der Waals surface area contributed by atoms with E-state index in [4.69, 9.17) is 0 Å². The number of benzene rings is 2. The molecule has 7 nitrogen and oxygen atoms in total. The van der Waals surface area contributed by atoms with Crippen molar-refractivity contribution in [3.63, 3.8) is 0 Å². The first kappa shape index (κ1) is 13.5. The van der Waals surface area contributed by atoms with Crippen molar-refractivity contribution in [1.82, 2.24) is 0 Å². The fourth-order valence-corrected chi connectivity index (χ4v) is 1.63. The van der Waals surface area contributed by atoms with Gasteiger partial charge >= 0.3 is 6.17 Å². The molecule has 1 unspecified atom stereocenters. The third kappa shape index (κ3) is 2.89. The van der Waals surface area contributed by atoms with Crippen molar-refractivity contribution in [3.8, 4) is 11.5 Å². The van der Waals surface area contributed by atoms with E-state index >= 15 is 0 Å². The SMILES string of the molecule is O=[N+]([O-])C(/N=N/c1ccccc1)c1c(O)cccc1O. The molecular weight excluding hydrogens is 262 g/mol. The van der Waals surface area contributed by atoms with Crippen LogP contribution in [0.25, 0.3) is 0 Å². The van der Waals surface area contributed by atoms with E-state index in [1.807, 2.05) is 0 Å². The van der Waals surface area contributed by atoms with Crippen molar-refractivity contribution in [2.75, 3.05) is 0 Å². The van der Waals surface area contributed by atoms with Gasteiger partial charge in [-0.05, 0) is 24.3 Å². The monoisotopic (exact) mass is 273 g/mol. The van der Waals surface area contributed by atoms with E-state index in [1.165, 1.54) is 18.2 Å². The standard InChI is InChI=1S/C13H11N3O4/c17-10-7-4-8-11(18)12(10)13(16(19)20)15-14-9-5-2-1-3-6-9/h1-8,13,17-18H/b15-14+. The summed E-state index contributed by atoms with van der Waals surface area (Å²) in [5.41, 5.74) is 0.159. The average molecular weight is 273 g/mol. The van der Waals surface area contributed by atoms with Gasteiger partial charge in [0.1, 0.15) is 17.1 Å². The predicted octanol–water partition coefficient (Wildman–Crippen LogP) is 3.16. The first-order valence-corrected chi connectivity index (χ1v) is 5.70. The molecule has 0 heterocycles. The topological polar surface area (TPSA) is 108 Å². The summed E-state index contributed by atoms with van der Waals surface area (Å²) in [6.07, 6.45) is -1.67. The smallest absolute Gasteiger partial charge is 0.353 e. The zero-order valence-corrected chi connectivity index (χ0v) is 10.2. The third-order valence-corrected chi connectivity index (χ3v) is 2.56. The van der Waals surface area contributed by atoms with E-state index in [0.717, 1.165) is 0 Å². The average Bonchev–Trinajstić information content (AvgIpc) is 2.42. The molecule has 0 aliphatic rings. The van der Waals surface area contributed by atoms with Gasteiger partial charge in [-0.15, -0.1) is 10.2 Å². The highest BCUT2D eigenvalue weighted by Crippen LogP contribution is 2.35. The van der Waals surface area contributed by atoms with E-state index in [2.05, 4.69) is 10.2 Å². The van der Waals surface area contributed by atoms with E-state index in [-0.39, 0.29) is 5.56 Å². The lowest BCUT2D eigenvalue weighted by Crippen LogP contribution is -2.07. The molecule has 2 N–H and O–H groups in total. The molecule has 20 heavy (non-hydrogen) atoms. The highest BCUT2D eigenvalue weighted by molar-refractivity contribution is 5.44. The molecule has 1 atom stereocenters. The van der Waals surface area contributed by atoms with Gasteiger partial charge in [0, 0.05) is 0 Å². The Balaban J connectivity index is 2.38. The number of rotatable bonds is 4. The molecular formula is C13H11N3O4. The van der Waals surface area contributed by atoms with Gasteiger partial charge in [0.15, 0.2) is 0 Å². The summed E-state index contributed by atoms with van der Waals surface area (Å²) < 4.78 is 0. The molecule has 2 rings (SSSR count). The van der Waals surface area contributed by atoms with Crippen molar-refractivity contribution in [3.05, 3.63) is 64.2 Å². The van der Waals surface area contributed by atoms with Crippen LogP contribution >= 0.6 is 0 Å². The Labute approximate surface area is 114 Å². The van der Waals surface area contributed by atoms with Crippen molar-refractivity contribution in [2.24, 2.45) is 10.2 Å². The van der Waals surface area contributed by atoms with Gasteiger partial charge in [-0.3, -0.25) is 10.1 Å². The Bertz CT molecular complexity index is 623. The maximum absolute atomic E-state index is 11.1. The number of phenolic OH excluding ortho intramolecular Hbond substituents is 2. The first-order valence-electron chi connectivity index (χ1n) is 5.70. The lowest BCUT2D eigenvalue weighted by atomic mass is 10.1. The lowest BCUT2D eigenvalue weighted by molar-refractivity contribution is -0.528. The van der Waals surface area contributed by atoms with E-state index in [9.17, 15) is 20.3 Å². The molecule has 0 saturated heterocycles. The van der Waals surface area contributed by atoms with Crippen LogP contribution < -0.4 is 0 Å². The van der Waals surface area contributed by atoms with Gasteiger partial charge < -0.3 is 10.2 Å². The number of nitrogens with zero attached hydrogens (tertiary/aromatic N) is 3. The van der Waals surface area contributed by atoms with Gasteiger partial charge in [0.2, 0.25) is 0 Å². The number of hydrogen-bond donors (Lipinski definition) is 2. The Hall–Kier alpha value is -2.96. The van der Waals surface area contributed by atoms with Crippen molar-refractivity contribution >= 4 is 5.69 Å². The minimum Gasteiger partial charge on any atom is -0.507 e. The molecule has 102 valence electrons. The largest absolute Gasteiger partial charge is 0.507 e. The molecule has 0 saturated carbocycles. The zero-order valence-electron chi connectivity index (χ0n) is 10.2. The Morgan fingerprint density at radius 2 is 1.60 bits per heavy atom. The summed E-state index contributed by atoms with van der Waals surface area (Å²) in [6.45, 7) is 0. The van der Waals surface area contributed by atoms with Crippen LogP contribution in [0.4, 0.5) is 5.69 Å². The molecule has 2 aromatic rings. The second kappa shape index (κ2) is 5.79. The van der Waals surface area contributed by atoms with Crippen LogP contribution in [0, 0.1) is 10.1 Å². The van der Waals surface area contributed by atoms with Crippen molar-refractivity contribution in [1.29, 1.82) is 0 Å². The van der Waals surface area contributed by atoms with Gasteiger partial charge in [0.05, 0.1) is 10.6 Å². The maximum atomic E-state index is 11.1. The Morgan fingerprint density at radius 3 is 2.15 bits per heavy atom. The number of phenols is 2. The molecule has 0 aromatic heterocycles. The summed E-state index contributed by atoms with van der Waals surface area (Å²) in [7, 11) is 0. The normalized spacial score (nSPS) is 12.4.